The van der Waals surface area contributed by atoms with Crippen LogP contribution in [0, 0.1) is 5.41 Å². The number of hydrogen-bond donors (Lipinski definition) is 2. The quantitative estimate of drug-likeness (QED) is 0.723. The fraction of sp³-hybridized carbons (Fsp3) is 0.750. The molecule has 0 fully saturated rings. The van der Waals surface area contributed by atoms with Gasteiger partial charge in [0.1, 0.15) is 5.60 Å². The van der Waals surface area contributed by atoms with Gasteiger partial charge in [0.2, 0.25) is 0 Å². The number of nitrogens with one attached hydrogen (secondary N) is 1. The first-order valence-corrected chi connectivity index (χ1v) is 5.60. The highest BCUT2D eigenvalue weighted by Gasteiger charge is 2.31. The van der Waals surface area contributed by atoms with Crippen molar-refractivity contribution >= 4 is 6.09 Å². The minimum absolute atomic E-state index is 0.0792. The Balaban J connectivity index is 2.36. The Morgan fingerprint density at radius 3 is 2.44 bits per heavy atom. The van der Waals surface area contributed by atoms with Crippen molar-refractivity contribution in [2.45, 2.75) is 39.2 Å². The van der Waals surface area contributed by atoms with Crippen LogP contribution in [0.5, 0.6) is 0 Å². The molecule has 1 aliphatic carbocycles. The summed E-state index contributed by atoms with van der Waals surface area (Å²) >= 11 is 0. The van der Waals surface area contributed by atoms with Crippen molar-refractivity contribution in [3.63, 3.8) is 0 Å². The fourth-order valence-electron chi connectivity index (χ4n) is 1.65. The SMILES string of the molecule is CC(C)(C)OC(=O)NCC1(CO)CC=CC1. The van der Waals surface area contributed by atoms with Crippen molar-refractivity contribution < 1.29 is 14.6 Å². The molecule has 0 spiro atoms. The minimum Gasteiger partial charge on any atom is -0.444 e. The lowest BCUT2D eigenvalue weighted by Crippen LogP contribution is -2.41. The zero-order chi connectivity index (χ0) is 12.2. The van der Waals surface area contributed by atoms with Crippen LogP contribution in [-0.4, -0.2) is 30.0 Å². The third kappa shape index (κ3) is 3.85. The molecule has 1 aliphatic rings. The van der Waals surface area contributed by atoms with E-state index in [0.717, 1.165) is 12.8 Å². The van der Waals surface area contributed by atoms with E-state index in [9.17, 15) is 9.90 Å². The molecule has 0 aromatic rings. The molecule has 0 saturated carbocycles. The molecule has 2 N–H and O–H groups in total. The lowest BCUT2D eigenvalue weighted by Gasteiger charge is -2.27. The number of carbonyl (C=O) groups is 1. The van der Waals surface area contributed by atoms with Crippen molar-refractivity contribution in [3.05, 3.63) is 12.2 Å². The molecule has 0 aromatic carbocycles. The minimum atomic E-state index is -0.482. The van der Waals surface area contributed by atoms with E-state index in [1.54, 1.807) is 0 Å². The Morgan fingerprint density at radius 1 is 1.44 bits per heavy atom. The third-order valence-electron chi connectivity index (χ3n) is 2.61. The first-order chi connectivity index (χ1) is 7.37. The molecule has 0 saturated heterocycles. The molecule has 0 radical (unpaired) electrons. The largest absolute Gasteiger partial charge is 0.444 e. The predicted molar refractivity (Wildman–Crippen MR) is 62.1 cm³/mol. The van der Waals surface area contributed by atoms with E-state index in [-0.39, 0.29) is 12.0 Å². The molecule has 92 valence electrons. The van der Waals surface area contributed by atoms with E-state index in [2.05, 4.69) is 5.32 Å². The lowest BCUT2D eigenvalue weighted by atomic mass is 9.86. The van der Waals surface area contributed by atoms with Crippen LogP contribution in [0.4, 0.5) is 4.79 Å². The van der Waals surface area contributed by atoms with Crippen LogP contribution in [-0.2, 0) is 4.74 Å². The maximum Gasteiger partial charge on any atom is 0.407 e. The number of aliphatic hydroxyl groups is 1. The Kier molecular flexibility index (Phi) is 3.97. The van der Waals surface area contributed by atoms with Gasteiger partial charge in [0, 0.05) is 12.0 Å². The summed E-state index contributed by atoms with van der Waals surface area (Å²) in [6.45, 7) is 6.00. The van der Waals surface area contributed by atoms with Crippen LogP contribution in [0.15, 0.2) is 12.2 Å². The zero-order valence-electron chi connectivity index (χ0n) is 10.2. The van der Waals surface area contributed by atoms with Gasteiger partial charge in [-0.15, -0.1) is 0 Å². The first-order valence-electron chi connectivity index (χ1n) is 5.60. The van der Waals surface area contributed by atoms with Crippen molar-refractivity contribution in [3.8, 4) is 0 Å². The summed E-state index contributed by atoms with van der Waals surface area (Å²) in [4.78, 5) is 11.4. The summed E-state index contributed by atoms with van der Waals surface area (Å²) in [6.07, 6.45) is 5.26. The number of alkyl carbamates (subject to hydrolysis) is 1. The van der Waals surface area contributed by atoms with Crippen LogP contribution in [0.2, 0.25) is 0 Å². The number of amides is 1. The Morgan fingerprint density at radius 2 is 2.00 bits per heavy atom. The molecule has 16 heavy (non-hydrogen) atoms. The van der Waals surface area contributed by atoms with Crippen molar-refractivity contribution in [1.29, 1.82) is 0 Å². The predicted octanol–water partition coefficient (Wildman–Crippen LogP) is 1.84. The fourth-order valence-corrected chi connectivity index (χ4v) is 1.65. The molecule has 1 amide bonds. The summed E-state index contributed by atoms with van der Waals surface area (Å²) in [5.41, 5.74) is -0.707. The molecule has 0 unspecified atom stereocenters. The standard InChI is InChI=1S/C12H21NO3/c1-11(2,3)16-10(15)13-8-12(9-14)6-4-5-7-12/h4-5,14H,6-9H2,1-3H3,(H,13,15). The third-order valence-corrected chi connectivity index (χ3v) is 2.61. The van der Waals surface area contributed by atoms with Crippen LogP contribution in [0.3, 0.4) is 0 Å². The number of carbonyl (C=O) groups excluding carboxylic acids is 1. The van der Waals surface area contributed by atoms with Gasteiger partial charge in [0.15, 0.2) is 0 Å². The smallest absolute Gasteiger partial charge is 0.407 e. The van der Waals surface area contributed by atoms with Crippen molar-refractivity contribution in [2.24, 2.45) is 5.41 Å². The average Bonchev–Trinajstić information content (AvgIpc) is 2.61. The summed E-state index contributed by atoms with van der Waals surface area (Å²) in [5, 5.41) is 12.0. The van der Waals surface area contributed by atoms with Gasteiger partial charge in [-0.3, -0.25) is 0 Å². The maximum atomic E-state index is 11.4. The number of hydrogen-bond acceptors (Lipinski definition) is 3. The van der Waals surface area contributed by atoms with E-state index in [0.29, 0.717) is 6.54 Å². The summed E-state index contributed by atoms with van der Waals surface area (Å²) < 4.78 is 5.13. The molecular weight excluding hydrogens is 206 g/mol. The van der Waals surface area contributed by atoms with Gasteiger partial charge in [-0.2, -0.15) is 0 Å². The van der Waals surface area contributed by atoms with Gasteiger partial charge >= 0.3 is 6.09 Å². The molecule has 0 bridgehead atoms. The van der Waals surface area contributed by atoms with Crippen LogP contribution in [0.25, 0.3) is 0 Å². The second-order valence-electron chi connectivity index (χ2n) is 5.39. The van der Waals surface area contributed by atoms with Gasteiger partial charge in [0.25, 0.3) is 0 Å². The van der Waals surface area contributed by atoms with Crippen molar-refractivity contribution in [2.75, 3.05) is 13.2 Å². The van der Waals surface area contributed by atoms with E-state index in [4.69, 9.17) is 4.74 Å². The Bertz CT molecular complexity index is 270. The molecule has 4 heteroatoms. The second-order valence-corrected chi connectivity index (χ2v) is 5.39. The van der Waals surface area contributed by atoms with Gasteiger partial charge in [-0.1, -0.05) is 12.2 Å². The van der Waals surface area contributed by atoms with Gasteiger partial charge in [0.05, 0.1) is 6.61 Å². The maximum absolute atomic E-state index is 11.4. The molecule has 0 heterocycles. The van der Waals surface area contributed by atoms with Crippen molar-refractivity contribution in [1.82, 2.24) is 5.32 Å². The normalized spacial score (nSPS) is 18.5. The lowest BCUT2D eigenvalue weighted by molar-refractivity contribution is 0.0474. The van der Waals surface area contributed by atoms with Gasteiger partial charge in [-0.05, 0) is 33.6 Å². The molecule has 0 aromatic heterocycles. The van der Waals surface area contributed by atoms with E-state index in [1.165, 1.54) is 0 Å². The highest BCUT2D eigenvalue weighted by atomic mass is 16.6. The van der Waals surface area contributed by atoms with Gasteiger partial charge < -0.3 is 15.2 Å². The molecule has 1 rings (SSSR count). The van der Waals surface area contributed by atoms with Crippen LogP contribution < -0.4 is 5.32 Å². The summed E-state index contributed by atoms with van der Waals surface area (Å²) in [7, 11) is 0. The topological polar surface area (TPSA) is 58.6 Å². The molecular formula is C12H21NO3. The molecule has 0 atom stereocenters. The number of rotatable bonds is 3. The summed E-state index contributed by atoms with van der Waals surface area (Å²) in [6, 6.07) is 0. The monoisotopic (exact) mass is 227 g/mol. The van der Waals surface area contributed by atoms with E-state index >= 15 is 0 Å². The van der Waals surface area contributed by atoms with Gasteiger partial charge in [-0.25, -0.2) is 4.79 Å². The second kappa shape index (κ2) is 4.87. The Hall–Kier alpha value is -1.03. The molecule has 4 nitrogen and oxygen atoms in total. The average molecular weight is 227 g/mol. The number of ether oxygens (including phenoxy) is 1. The van der Waals surface area contributed by atoms with E-state index in [1.807, 2.05) is 32.9 Å². The molecule has 0 aliphatic heterocycles. The number of aliphatic hydroxyl groups excluding tert-OH is 1. The van der Waals surface area contributed by atoms with Crippen LogP contribution >= 0.6 is 0 Å². The summed E-state index contributed by atoms with van der Waals surface area (Å²) in [5.74, 6) is 0. The first kappa shape index (κ1) is 13.0. The van der Waals surface area contributed by atoms with E-state index < -0.39 is 11.7 Å². The number of allylic oxidation sites excluding steroid dienone is 2. The Labute approximate surface area is 96.7 Å². The highest BCUT2D eigenvalue weighted by Crippen LogP contribution is 2.31. The highest BCUT2D eigenvalue weighted by molar-refractivity contribution is 5.67. The van der Waals surface area contributed by atoms with Crippen LogP contribution in [0.1, 0.15) is 33.6 Å². The zero-order valence-corrected chi connectivity index (χ0v) is 10.2.